The fraction of sp³-hybridized carbons (Fsp3) is 0.688. The molecule has 3 nitrogen and oxygen atoms in total. The predicted molar refractivity (Wildman–Crippen MR) is 81.3 cm³/mol. The third-order valence-electron chi connectivity index (χ3n) is 4.10. The molecule has 1 aliphatic heterocycles. The Morgan fingerprint density at radius 3 is 2.79 bits per heavy atom. The molecular weight excluding hydrogens is 234 g/mol. The average Bonchev–Trinajstić information content (AvgIpc) is 2.38. The van der Waals surface area contributed by atoms with Crippen molar-refractivity contribution in [3.8, 4) is 0 Å². The van der Waals surface area contributed by atoms with Gasteiger partial charge in [0.05, 0.1) is 0 Å². The zero-order chi connectivity index (χ0) is 13.8. The van der Waals surface area contributed by atoms with Crippen molar-refractivity contribution in [2.24, 2.45) is 11.7 Å². The molecule has 0 spiro atoms. The summed E-state index contributed by atoms with van der Waals surface area (Å²) in [6.07, 6.45) is 4.70. The second-order valence-electron chi connectivity index (χ2n) is 5.95. The lowest BCUT2D eigenvalue weighted by molar-refractivity contribution is 0.376. The van der Waals surface area contributed by atoms with Crippen LogP contribution in [-0.2, 0) is 13.0 Å². The van der Waals surface area contributed by atoms with Crippen molar-refractivity contribution in [2.75, 3.05) is 11.4 Å². The summed E-state index contributed by atoms with van der Waals surface area (Å²) in [4.78, 5) is 7.30. The van der Waals surface area contributed by atoms with Crippen molar-refractivity contribution in [1.82, 2.24) is 4.98 Å². The van der Waals surface area contributed by atoms with E-state index in [0.29, 0.717) is 12.6 Å². The third-order valence-corrected chi connectivity index (χ3v) is 4.10. The lowest BCUT2D eigenvalue weighted by atomic mass is 9.93. The van der Waals surface area contributed by atoms with Crippen LogP contribution in [0.15, 0.2) is 12.1 Å². The molecule has 1 aromatic heterocycles. The van der Waals surface area contributed by atoms with Crippen molar-refractivity contribution < 1.29 is 0 Å². The SMILES string of the molecule is CCCc1cc(CN)cc(N2CCC(C)CC2C)n1. The molecule has 1 saturated heterocycles. The Balaban J connectivity index is 2.25. The van der Waals surface area contributed by atoms with Crippen LogP contribution in [0.3, 0.4) is 0 Å². The minimum absolute atomic E-state index is 0.582. The molecule has 1 aliphatic rings. The van der Waals surface area contributed by atoms with Crippen LogP contribution in [-0.4, -0.2) is 17.6 Å². The Kier molecular flexibility index (Phi) is 4.81. The van der Waals surface area contributed by atoms with Crippen LogP contribution < -0.4 is 10.6 Å². The van der Waals surface area contributed by atoms with Crippen LogP contribution in [0, 0.1) is 5.92 Å². The predicted octanol–water partition coefficient (Wildman–Crippen LogP) is 3.12. The number of nitrogens with zero attached hydrogens (tertiary/aromatic N) is 2. The van der Waals surface area contributed by atoms with Gasteiger partial charge in [-0.3, -0.25) is 0 Å². The highest BCUT2D eigenvalue weighted by Crippen LogP contribution is 2.27. The molecule has 2 N–H and O–H groups in total. The van der Waals surface area contributed by atoms with Crippen molar-refractivity contribution in [1.29, 1.82) is 0 Å². The molecule has 2 rings (SSSR count). The summed E-state index contributed by atoms with van der Waals surface area (Å²) in [5, 5.41) is 0. The molecule has 3 heteroatoms. The molecule has 0 bridgehead atoms. The van der Waals surface area contributed by atoms with Crippen molar-refractivity contribution in [3.05, 3.63) is 23.4 Å². The van der Waals surface area contributed by atoms with E-state index in [-0.39, 0.29) is 0 Å². The minimum Gasteiger partial charge on any atom is -0.354 e. The second kappa shape index (κ2) is 6.38. The fourth-order valence-electron chi connectivity index (χ4n) is 3.03. The lowest BCUT2D eigenvalue weighted by Crippen LogP contribution is -2.40. The van der Waals surface area contributed by atoms with Gasteiger partial charge >= 0.3 is 0 Å². The van der Waals surface area contributed by atoms with Crippen molar-refractivity contribution in [3.63, 3.8) is 0 Å². The first-order valence-electron chi connectivity index (χ1n) is 7.60. The van der Waals surface area contributed by atoms with Gasteiger partial charge in [0.1, 0.15) is 5.82 Å². The van der Waals surface area contributed by atoms with Crippen LogP contribution in [0.2, 0.25) is 0 Å². The number of hydrogen-bond donors (Lipinski definition) is 1. The van der Waals surface area contributed by atoms with Gasteiger partial charge in [-0.15, -0.1) is 0 Å². The molecule has 2 unspecified atom stereocenters. The number of pyridine rings is 1. The van der Waals surface area contributed by atoms with E-state index < -0.39 is 0 Å². The normalized spacial score (nSPS) is 23.7. The molecule has 0 amide bonds. The number of hydrogen-bond acceptors (Lipinski definition) is 3. The maximum Gasteiger partial charge on any atom is 0.129 e. The molecule has 1 fully saturated rings. The molecule has 0 aliphatic carbocycles. The Morgan fingerprint density at radius 1 is 1.37 bits per heavy atom. The van der Waals surface area contributed by atoms with Gasteiger partial charge in [-0.05, 0) is 49.8 Å². The Bertz CT molecular complexity index is 416. The minimum atomic E-state index is 0.582. The summed E-state index contributed by atoms with van der Waals surface area (Å²) >= 11 is 0. The number of nitrogens with two attached hydrogens (primary N) is 1. The Hall–Kier alpha value is -1.09. The van der Waals surface area contributed by atoms with E-state index in [1.165, 1.54) is 24.1 Å². The standard InChI is InChI=1S/C16H27N3/c1-4-5-15-9-14(11-17)10-16(18-15)19-7-6-12(2)8-13(19)3/h9-10,12-13H,4-8,11,17H2,1-3H3. The largest absolute Gasteiger partial charge is 0.354 e. The van der Waals surface area contributed by atoms with Gasteiger partial charge in [0, 0.05) is 24.8 Å². The summed E-state index contributed by atoms with van der Waals surface area (Å²) in [5.41, 5.74) is 8.22. The second-order valence-corrected chi connectivity index (χ2v) is 5.95. The average molecular weight is 261 g/mol. The van der Waals surface area contributed by atoms with E-state index in [0.717, 1.165) is 31.1 Å². The van der Waals surface area contributed by atoms with E-state index in [4.69, 9.17) is 10.7 Å². The quantitative estimate of drug-likeness (QED) is 0.905. The highest BCUT2D eigenvalue weighted by Gasteiger charge is 2.24. The van der Waals surface area contributed by atoms with Gasteiger partial charge in [-0.1, -0.05) is 20.3 Å². The molecule has 0 aromatic carbocycles. The first-order valence-corrected chi connectivity index (χ1v) is 7.60. The number of rotatable bonds is 4. The van der Waals surface area contributed by atoms with Gasteiger partial charge in [-0.2, -0.15) is 0 Å². The van der Waals surface area contributed by atoms with Crippen LogP contribution >= 0.6 is 0 Å². The van der Waals surface area contributed by atoms with Crippen LogP contribution in [0.1, 0.15) is 51.3 Å². The van der Waals surface area contributed by atoms with Crippen molar-refractivity contribution in [2.45, 2.75) is 59.0 Å². The van der Waals surface area contributed by atoms with Crippen LogP contribution in [0.4, 0.5) is 5.82 Å². The smallest absolute Gasteiger partial charge is 0.129 e. The summed E-state index contributed by atoms with van der Waals surface area (Å²) in [6.45, 7) is 8.58. The highest BCUT2D eigenvalue weighted by atomic mass is 15.2. The maximum absolute atomic E-state index is 5.82. The van der Waals surface area contributed by atoms with Gasteiger partial charge in [0.15, 0.2) is 0 Å². The monoisotopic (exact) mass is 261 g/mol. The van der Waals surface area contributed by atoms with Gasteiger partial charge < -0.3 is 10.6 Å². The number of anilines is 1. The Morgan fingerprint density at radius 2 is 2.16 bits per heavy atom. The summed E-state index contributed by atoms with van der Waals surface area (Å²) in [5.74, 6) is 1.96. The van der Waals surface area contributed by atoms with Crippen LogP contribution in [0.25, 0.3) is 0 Å². The highest BCUT2D eigenvalue weighted by molar-refractivity contribution is 5.44. The number of piperidine rings is 1. The van der Waals surface area contributed by atoms with E-state index in [1.807, 2.05) is 0 Å². The maximum atomic E-state index is 5.82. The molecule has 106 valence electrons. The van der Waals surface area contributed by atoms with Crippen molar-refractivity contribution >= 4 is 5.82 Å². The topological polar surface area (TPSA) is 42.1 Å². The zero-order valence-electron chi connectivity index (χ0n) is 12.5. The first kappa shape index (κ1) is 14.3. The van der Waals surface area contributed by atoms with E-state index in [1.54, 1.807) is 0 Å². The molecule has 0 radical (unpaired) electrons. The number of aryl methyl sites for hydroxylation is 1. The molecule has 0 saturated carbocycles. The van der Waals surface area contributed by atoms with E-state index in [2.05, 4.69) is 37.8 Å². The lowest BCUT2D eigenvalue weighted by Gasteiger charge is -2.37. The molecule has 2 heterocycles. The summed E-state index contributed by atoms with van der Waals surface area (Å²) in [6, 6.07) is 4.91. The van der Waals surface area contributed by atoms with Gasteiger partial charge in [0.25, 0.3) is 0 Å². The molecule has 19 heavy (non-hydrogen) atoms. The molecular formula is C16H27N3. The fourth-order valence-corrected chi connectivity index (χ4v) is 3.03. The van der Waals surface area contributed by atoms with Gasteiger partial charge in [0.2, 0.25) is 0 Å². The third kappa shape index (κ3) is 3.47. The zero-order valence-corrected chi connectivity index (χ0v) is 12.5. The molecule has 1 aromatic rings. The first-order chi connectivity index (χ1) is 9.13. The van der Waals surface area contributed by atoms with Crippen LogP contribution in [0.5, 0.6) is 0 Å². The Labute approximate surface area is 117 Å². The van der Waals surface area contributed by atoms with Gasteiger partial charge in [-0.25, -0.2) is 4.98 Å². The molecule has 2 atom stereocenters. The van der Waals surface area contributed by atoms with E-state index >= 15 is 0 Å². The van der Waals surface area contributed by atoms with E-state index in [9.17, 15) is 0 Å². The summed E-state index contributed by atoms with van der Waals surface area (Å²) in [7, 11) is 0. The summed E-state index contributed by atoms with van der Waals surface area (Å²) < 4.78 is 0. The number of aromatic nitrogens is 1.